The fraction of sp³-hybridized carbons (Fsp3) is 0.143. The van der Waals surface area contributed by atoms with E-state index in [9.17, 15) is 0 Å². The minimum atomic E-state index is 0.317. The maximum absolute atomic E-state index is 6.61. The number of nitrogens with zero attached hydrogens (tertiary/aromatic N) is 4. The standard InChI is InChI=1S/C35H29N5O/c1-3-13-25(14-4-1)32-33(26-15-5-2-6-16-26)41-35(36-32)30-20-8-7-17-28(30)23-24-12-11-18-27(22-24)29-19-9-10-21-31(29)34-37-39-40-38-34/h1-6,9-16,18-22,28H,7-8,17,23H2,(H,37,38,39,40). The van der Waals surface area contributed by atoms with E-state index in [1.54, 1.807) is 0 Å². The smallest absolute Gasteiger partial charge is 0.223 e. The Balaban J connectivity index is 1.23. The Kier molecular flexibility index (Phi) is 6.79. The third kappa shape index (κ3) is 5.12. The van der Waals surface area contributed by atoms with Crippen molar-refractivity contribution in [2.24, 2.45) is 5.92 Å². The van der Waals surface area contributed by atoms with Gasteiger partial charge < -0.3 is 4.42 Å². The summed E-state index contributed by atoms with van der Waals surface area (Å²) < 4.78 is 6.61. The monoisotopic (exact) mass is 535 g/mol. The molecule has 0 fully saturated rings. The van der Waals surface area contributed by atoms with Crippen molar-refractivity contribution >= 4 is 5.57 Å². The average molecular weight is 536 g/mol. The topological polar surface area (TPSA) is 80.5 Å². The van der Waals surface area contributed by atoms with Gasteiger partial charge in [0.1, 0.15) is 5.69 Å². The highest BCUT2D eigenvalue weighted by atomic mass is 16.4. The average Bonchev–Trinajstić information content (AvgIpc) is 3.74. The Labute approximate surface area is 238 Å². The minimum absolute atomic E-state index is 0.317. The second-order valence-corrected chi connectivity index (χ2v) is 10.4. The lowest BCUT2D eigenvalue weighted by molar-refractivity contribution is 0.505. The van der Waals surface area contributed by atoms with Gasteiger partial charge in [0, 0.05) is 22.3 Å². The largest absolute Gasteiger partial charge is 0.436 e. The zero-order valence-electron chi connectivity index (χ0n) is 22.6. The van der Waals surface area contributed by atoms with Gasteiger partial charge in [-0.1, -0.05) is 115 Å². The summed E-state index contributed by atoms with van der Waals surface area (Å²) in [5.41, 5.74) is 8.64. The molecule has 6 aromatic rings. The number of hydrogen-bond acceptors (Lipinski definition) is 5. The summed E-state index contributed by atoms with van der Waals surface area (Å²) in [6.07, 6.45) is 6.53. The number of oxazole rings is 1. The van der Waals surface area contributed by atoms with Crippen LogP contribution >= 0.6 is 0 Å². The fourth-order valence-electron chi connectivity index (χ4n) is 5.79. The molecule has 6 heteroatoms. The molecular formula is C35H29N5O. The van der Waals surface area contributed by atoms with Crippen LogP contribution < -0.4 is 0 Å². The van der Waals surface area contributed by atoms with Crippen molar-refractivity contribution in [2.75, 3.05) is 0 Å². The second-order valence-electron chi connectivity index (χ2n) is 10.4. The Morgan fingerprint density at radius 2 is 1.49 bits per heavy atom. The van der Waals surface area contributed by atoms with Crippen LogP contribution in [0.1, 0.15) is 30.7 Å². The van der Waals surface area contributed by atoms with Crippen LogP contribution in [0.3, 0.4) is 0 Å². The molecule has 1 N–H and O–H groups in total. The lowest BCUT2D eigenvalue weighted by atomic mass is 9.82. The number of H-pyrrole nitrogens is 1. The highest BCUT2D eigenvalue weighted by Crippen LogP contribution is 2.40. The van der Waals surface area contributed by atoms with Gasteiger partial charge in [0.25, 0.3) is 0 Å². The number of aromatic nitrogens is 5. The summed E-state index contributed by atoms with van der Waals surface area (Å²) in [5, 5.41) is 14.7. The number of benzene rings is 4. The van der Waals surface area contributed by atoms with Gasteiger partial charge in [-0.15, -0.1) is 10.2 Å². The van der Waals surface area contributed by atoms with E-state index < -0.39 is 0 Å². The predicted molar refractivity (Wildman–Crippen MR) is 161 cm³/mol. The van der Waals surface area contributed by atoms with Crippen molar-refractivity contribution in [3.63, 3.8) is 0 Å². The molecule has 1 atom stereocenters. The van der Waals surface area contributed by atoms with Gasteiger partial charge in [0.05, 0.1) is 0 Å². The molecule has 0 spiro atoms. The van der Waals surface area contributed by atoms with E-state index in [4.69, 9.17) is 9.40 Å². The first-order valence-corrected chi connectivity index (χ1v) is 14.1. The summed E-state index contributed by atoms with van der Waals surface area (Å²) >= 11 is 0. The zero-order chi connectivity index (χ0) is 27.4. The van der Waals surface area contributed by atoms with Gasteiger partial charge in [-0.2, -0.15) is 5.21 Å². The highest BCUT2D eigenvalue weighted by Gasteiger charge is 2.26. The number of nitrogens with one attached hydrogen (secondary N) is 1. The van der Waals surface area contributed by atoms with Crippen LogP contribution in [0.5, 0.6) is 0 Å². The first-order chi connectivity index (χ1) is 20.3. The van der Waals surface area contributed by atoms with Gasteiger partial charge in [-0.3, -0.25) is 0 Å². The number of hydrogen-bond donors (Lipinski definition) is 1. The van der Waals surface area contributed by atoms with Crippen molar-refractivity contribution < 1.29 is 4.42 Å². The van der Waals surface area contributed by atoms with Gasteiger partial charge in [0.15, 0.2) is 5.76 Å². The van der Waals surface area contributed by atoms with E-state index in [1.807, 2.05) is 54.6 Å². The van der Waals surface area contributed by atoms with E-state index in [2.05, 4.69) is 81.3 Å². The molecule has 41 heavy (non-hydrogen) atoms. The summed E-state index contributed by atoms with van der Waals surface area (Å²) in [6.45, 7) is 0. The Morgan fingerprint density at radius 3 is 2.27 bits per heavy atom. The molecule has 1 unspecified atom stereocenters. The minimum Gasteiger partial charge on any atom is -0.436 e. The summed E-state index contributed by atoms with van der Waals surface area (Å²) in [4.78, 5) is 5.12. The van der Waals surface area contributed by atoms with E-state index in [1.165, 1.54) is 11.1 Å². The van der Waals surface area contributed by atoms with Crippen molar-refractivity contribution in [3.05, 3.63) is 127 Å². The molecule has 200 valence electrons. The molecule has 0 aliphatic heterocycles. The summed E-state index contributed by atoms with van der Waals surface area (Å²) in [5.74, 6) is 2.45. The quantitative estimate of drug-likeness (QED) is 0.222. The molecule has 2 aromatic heterocycles. The first-order valence-electron chi connectivity index (χ1n) is 14.1. The third-order valence-corrected chi connectivity index (χ3v) is 7.75. The van der Waals surface area contributed by atoms with Crippen molar-refractivity contribution in [1.82, 2.24) is 25.6 Å². The van der Waals surface area contributed by atoms with Gasteiger partial charge in [-0.05, 0) is 53.5 Å². The van der Waals surface area contributed by atoms with Crippen molar-refractivity contribution in [3.8, 4) is 45.1 Å². The third-order valence-electron chi connectivity index (χ3n) is 7.75. The van der Waals surface area contributed by atoms with Crippen LogP contribution in [0.15, 0.2) is 120 Å². The second kappa shape index (κ2) is 11.2. The van der Waals surface area contributed by atoms with Gasteiger partial charge in [0.2, 0.25) is 11.7 Å². The molecule has 1 aliphatic carbocycles. The molecule has 1 aliphatic rings. The molecular weight excluding hydrogens is 506 g/mol. The maximum atomic E-state index is 6.61. The maximum Gasteiger partial charge on any atom is 0.223 e. The van der Waals surface area contributed by atoms with Crippen LogP contribution in [-0.2, 0) is 6.42 Å². The molecule has 0 amide bonds. The number of allylic oxidation sites excluding steroid dienone is 2. The Bertz CT molecular complexity index is 1730. The van der Waals surface area contributed by atoms with Crippen LogP contribution in [0.25, 0.3) is 50.7 Å². The SMILES string of the molecule is C1=C(c2nc(-c3ccccc3)c(-c3ccccc3)o2)C(Cc2cccc(-c3ccccc3-c3nn[nH]n3)c2)CCC1. The summed E-state index contributed by atoms with van der Waals surface area (Å²) in [7, 11) is 0. The van der Waals surface area contributed by atoms with E-state index in [0.29, 0.717) is 11.7 Å². The summed E-state index contributed by atoms with van der Waals surface area (Å²) in [6, 6.07) is 37.6. The van der Waals surface area contributed by atoms with Crippen LogP contribution in [-0.4, -0.2) is 25.6 Å². The van der Waals surface area contributed by atoms with Crippen LogP contribution in [0, 0.1) is 5.92 Å². The number of rotatable bonds is 7. The fourth-order valence-corrected chi connectivity index (χ4v) is 5.79. The molecule has 7 rings (SSSR count). The molecule has 4 aromatic carbocycles. The number of tetrazole rings is 1. The first kappa shape index (κ1) is 24.9. The lowest BCUT2D eigenvalue weighted by Crippen LogP contribution is -2.11. The molecule has 0 saturated heterocycles. The van der Waals surface area contributed by atoms with Crippen LogP contribution in [0.4, 0.5) is 0 Å². The molecule has 0 bridgehead atoms. The zero-order valence-corrected chi connectivity index (χ0v) is 22.6. The van der Waals surface area contributed by atoms with E-state index in [-0.39, 0.29) is 0 Å². The molecule has 6 nitrogen and oxygen atoms in total. The normalized spacial score (nSPS) is 15.0. The highest BCUT2D eigenvalue weighted by molar-refractivity contribution is 5.81. The van der Waals surface area contributed by atoms with Crippen LogP contribution in [0.2, 0.25) is 0 Å². The molecule has 0 saturated carbocycles. The lowest BCUT2D eigenvalue weighted by Gasteiger charge is -2.23. The molecule has 2 heterocycles. The van der Waals surface area contributed by atoms with E-state index in [0.717, 1.165) is 70.8 Å². The number of aromatic amines is 1. The van der Waals surface area contributed by atoms with Crippen molar-refractivity contribution in [2.45, 2.75) is 25.7 Å². The Hall–Kier alpha value is -5.10. The van der Waals surface area contributed by atoms with Crippen molar-refractivity contribution in [1.29, 1.82) is 0 Å². The van der Waals surface area contributed by atoms with Gasteiger partial charge in [-0.25, -0.2) is 4.98 Å². The predicted octanol–water partition coefficient (Wildman–Crippen LogP) is 8.28. The Morgan fingerprint density at radius 1 is 0.756 bits per heavy atom. The van der Waals surface area contributed by atoms with E-state index >= 15 is 0 Å². The van der Waals surface area contributed by atoms with Gasteiger partial charge >= 0.3 is 0 Å². The molecule has 0 radical (unpaired) electrons.